The molecule has 0 aliphatic carbocycles. The number of nitrogen functional groups attached to an aromatic ring is 1. The number of nitrogens with two attached hydrogens (primary N) is 1. The molecule has 1 saturated heterocycles. The van der Waals surface area contributed by atoms with Crippen molar-refractivity contribution in [2.75, 3.05) is 24.3 Å². The van der Waals surface area contributed by atoms with Crippen molar-refractivity contribution in [2.24, 2.45) is 0 Å². The highest BCUT2D eigenvalue weighted by Crippen LogP contribution is 2.23. The van der Waals surface area contributed by atoms with Gasteiger partial charge >= 0.3 is 0 Å². The van der Waals surface area contributed by atoms with Crippen molar-refractivity contribution >= 4 is 15.5 Å². The number of nitrogens with zero attached hydrogens (tertiary/aromatic N) is 1. The van der Waals surface area contributed by atoms with Crippen molar-refractivity contribution in [3.05, 3.63) is 23.8 Å². The Morgan fingerprint density at radius 2 is 2.22 bits per heavy atom. The zero-order chi connectivity index (χ0) is 13.3. The summed E-state index contributed by atoms with van der Waals surface area (Å²) >= 11 is 0. The van der Waals surface area contributed by atoms with Crippen LogP contribution in [0.3, 0.4) is 0 Å². The van der Waals surface area contributed by atoms with E-state index >= 15 is 0 Å². The molecule has 0 amide bonds. The van der Waals surface area contributed by atoms with Crippen molar-refractivity contribution in [2.45, 2.75) is 19.0 Å². The highest BCUT2D eigenvalue weighted by Gasteiger charge is 2.30. The number of phenols is 1. The van der Waals surface area contributed by atoms with Crippen LogP contribution in [0, 0.1) is 0 Å². The minimum atomic E-state index is -2.85. The minimum absolute atomic E-state index is 0.0739. The van der Waals surface area contributed by atoms with E-state index in [-0.39, 0.29) is 23.3 Å². The van der Waals surface area contributed by atoms with Crippen LogP contribution >= 0.6 is 0 Å². The molecule has 0 spiro atoms. The van der Waals surface area contributed by atoms with Gasteiger partial charge in [-0.3, -0.25) is 4.90 Å². The molecule has 1 aliphatic rings. The predicted octanol–water partition coefficient (Wildman–Crippen LogP) is 0.593. The van der Waals surface area contributed by atoms with Crippen molar-refractivity contribution in [1.29, 1.82) is 0 Å². The topological polar surface area (TPSA) is 83.6 Å². The fourth-order valence-corrected chi connectivity index (χ4v) is 4.05. The van der Waals surface area contributed by atoms with Gasteiger partial charge < -0.3 is 10.8 Å². The average Bonchev–Trinajstić information content (AvgIpc) is 2.64. The molecular weight excluding hydrogens is 252 g/mol. The third-order valence-corrected chi connectivity index (χ3v) is 5.11. The van der Waals surface area contributed by atoms with Crippen LogP contribution in [0.25, 0.3) is 0 Å². The van der Waals surface area contributed by atoms with E-state index in [0.29, 0.717) is 18.7 Å². The quantitative estimate of drug-likeness (QED) is 0.620. The van der Waals surface area contributed by atoms with E-state index in [0.717, 1.165) is 5.56 Å². The summed E-state index contributed by atoms with van der Waals surface area (Å²) in [5.74, 6) is 0.585. The van der Waals surface area contributed by atoms with Gasteiger partial charge in [0.2, 0.25) is 0 Å². The van der Waals surface area contributed by atoms with E-state index in [4.69, 9.17) is 5.73 Å². The maximum Gasteiger partial charge on any atom is 0.151 e. The summed E-state index contributed by atoms with van der Waals surface area (Å²) in [5, 5.41) is 9.34. The van der Waals surface area contributed by atoms with Gasteiger partial charge in [0.05, 0.1) is 17.2 Å². The second-order valence-electron chi connectivity index (χ2n) is 4.87. The lowest BCUT2D eigenvalue weighted by atomic mass is 10.1. The number of phenolic OH excluding ortho intramolecular Hbond substituents is 1. The van der Waals surface area contributed by atoms with Crippen LogP contribution in [0.2, 0.25) is 0 Å². The molecule has 0 aromatic heterocycles. The molecule has 1 atom stereocenters. The minimum Gasteiger partial charge on any atom is -0.506 e. The molecule has 1 aromatic carbocycles. The van der Waals surface area contributed by atoms with Gasteiger partial charge in [0.25, 0.3) is 0 Å². The predicted molar refractivity (Wildman–Crippen MR) is 71.0 cm³/mol. The standard InChI is InChI=1S/C12H18N2O3S/c1-14(10-4-5-18(16,17)8-10)7-9-2-3-12(15)11(13)6-9/h2-3,6,10,15H,4-5,7-8,13H2,1H3. The Labute approximate surface area is 107 Å². The zero-order valence-corrected chi connectivity index (χ0v) is 11.2. The summed E-state index contributed by atoms with van der Waals surface area (Å²) in [6.07, 6.45) is 0.687. The first-order valence-electron chi connectivity index (χ1n) is 5.85. The summed E-state index contributed by atoms with van der Waals surface area (Å²) in [5.41, 5.74) is 6.95. The zero-order valence-electron chi connectivity index (χ0n) is 10.3. The number of benzene rings is 1. The Morgan fingerprint density at radius 1 is 1.50 bits per heavy atom. The molecule has 5 nitrogen and oxygen atoms in total. The number of hydrogen-bond acceptors (Lipinski definition) is 5. The second kappa shape index (κ2) is 4.78. The van der Waals surface area contributed by atoms with Crippen molar-refractivity contribution in [1.82, 2.24) is 4.90 Å². The molecule has 1 fully saturated rings. The number of aromatic hydroxyl groups is 1. The van der Waals surface area contributed by atoms with Crippen LogP contribution in [0.1, 0.15) is 12.0 Å². The molecule has 0 saturated carbocycles. The van der Waals surface area contributed by atoms with Gasteiger partial charge in [-0.25, -0.2) is 8.42 Å². The van der Waals surface area contributed by atoms with Gasteiger partial charge in [-0.1, -0.05) is 6.07 Å². The van der Waals surface area contributed by atoms with Gasteiger partial charge in [0, 0.05) is 12.6 Å². The van der Waals surface area contributed by atoms with Crippen molar-refractivity contribution < 1.29 is 13.5 Å². The van der Waals surface area contributed by atoms with Crippen LogP contribution in [0.4, 0.5) is 5.69 Å². The summed E-state index contributed by atoms with van der Waals surface area (Å²) in [4.78, 5) is 2.02. The maximum absolute atomic E-state index is 11.4. The third-order valence-electron chi connectivity index (χ3n) is 3.36. The highest BCUT2D eigenvalue weighted by atomic mass is 32.2. The molecule has 3 N–H and O–H groups in total. The van der Waals surface area contributed by atoms with Crippen LogP contribution in [0.5, 0.6) is 5.75 Å². The lowest BCUT2D eigenvalue weighted by molar-refractivity contribution is 0.254. The van der Waals surface area contributed by atoms with E-state index < -0.39 is 9.84 Å². The smallest absolute Gasteiger partial charge is 0.151 e. The molecule has 0 radical (unpaired) electrons. The van der Waals surface area contributed by atoms with Crippen LogP contribution in [0.15, 0.2) is 18.2 Å². The lowest BCUT2D eigenvalue weighted by Crippen LogP contribution is -2.32. The molecule has 1 unspecified atom stereocenters. The van der Waals surface area contributed by atoms with E-state index in [1.54, 1.807) is 18.2 Å². The molecular formula is C12H18N2O3S. The van der Waals surface area contributed by atoms with E-state index in [1.165, 1.54) is 0 Å². The molecule has 18 heavy (non-hydrogen) atoms. The van der Waals surface area contributed by atoms with Crippen LogP contribution in [-0.4, -0.2) is 43.0 Å². The Hall–Kier alpha value is -1.27. The van der Waals surface area contributed by atoms with E-state index in [2.05, 4.69) is 0 Å². The Kier molecular flexibility index (Phi) is 3.49. The molecule has 6 heteroatoms. The van der Waals surface area contributed by atoms with Gasteiger partial charge in [-0.05, 0) is 31.2 Å². The third kappa shape index (κ3) is 2.94. The normalized spacial score (nSPS) is 22.4. The SMILES string of the molecule is CN(Cc1ccc(O)c(N)c1)C1CCS(=O)(=O)C1. The molecule has 0 bridgehead atoms. The second-order valence-corrected chi connectivity index (χ2v) is 7.09. The van der Waals surface area contributed by atoms with E-state index in [9.17, 15) is 13.5 Å². The van der Waals surface area contributed by atoms with E-state index in [1.807, 2.05) is 11.9 Å². The Balaban J connectivity index is 2.03. The Morgan fingerprint density at radius 3 is 2.78 bits per heavy atom. The number of sulfone groups is 1. The van der Waals surface area contributed by atoms with Crippen LogP contribution in [-0.2, 0) is 16.4 Å². The van der Waals surface area contributed by atoms with Gasteiger partial charge in [0.1, 0.15) is 5.75 Å². The fourth-order valence-electron chi connectivity index (χ4n) is 2.24. The first kappa shape index (κ1) is 13.2. The monoisotopic (exact) mass is 270 g/mol. The Bertz CT molecular complexity index is 542. The fraction of sp³-hybridized carbons (Fsp3) is 0.500. The number of hydrogen-bond donors (Lipinski definition) is 2. The van der Waals surface area contributed by atoms with Crippen molar-refractivity contribution in [3.63, 3.8) is 0 Å². The summed E-state index contributed by atoms with van der Waals surface area (Å²) in [6.45, 7) is 0.630. The summed E-state index contributed by atoms with van der Waals surface area (Å²) in [6, 6.07) is 5.15. The maximum atomic E-state index is 11.4. The van der Waals surface area contributed by atoms with Crippen LogP contribution < -0.4 is 5.73 Å². The molecule has 1 aromatic rings. The number of rotatable bonds is 3. The molecule has 1 heterocycles. The number of anilines is 1. The molecule has 2 rings (SSSR count). The largest absolute Gasteiger partial charge is 0.506 e. The summed E-state index contributed by atoms with van der Waals surface area (Å²) in [7, 11) is -0.943. The molecule has 100 valence electrons. The summed E-state index contributed by atoms with van der Waals surface area (Å²) < 4.78 is 22.8. The van der Waals surface area contributed by atoms with Crippen molar-refractivity contribution in [3.8, 4) is 5.75 Å². The van der Waals surface area contributed by atoms with Gasteiger partial charge in [0.15, 0.2) is 9.84 Å². The lowest BCUT2D eigenvalue weighted by Gasteiger charge is -2.23. The van der Waals surface area contributed by atoms with Gasteiger partial charge in [-0.2, -0.15) is 0 Å². The van der Waals surface area contributed by atoms with Gasteiger partial charge in [-0.15, -0.1) is 0 Å². The highest BCUT2D eigenvalue weighted by molar-refractivity contribution is 7.91. The first-order chi connectivity index (χ1) is 8.37. The average molecular weight is 270 g/mol. The molecule has 1 aliphatic heterocycles. The first-order valence-corrected chi connectivity index (χ1v) is 7.67.